The molecule has 7 aromatic carbocycles. The molecule has 0 aromatic heterocycles. The minimum absolute atomic E-state index is 0.475. The van der Waals surface area contributed by atoms with Crippen molar-refractivity contribution in [3.8, 4) is 5.75 Å². The predicted octanol–water partition coefficient (Wildman–Crippen LogP) is 8.49. The Labute approximate surface area is 340 Å². The molecule has 286 valence electrons. The van der Waals surface area contributed by atoms with Gasteiger partial charge in [0.2, 0.25) is 5.36 Å². The zero-order valence-electron chi connectivity index (χ0n) is 33.5. The molecule has 1 aliphatic carbocycles. The van der Waals surface area contributed by atoms with Crippen molar-refractivity contribution in [2.75, 3.05) is 38.2 Å². The van der Waals surface area contributed by atoms with Crippen LogP contribution in [-0.4, -0.2) is 33.3 Å². The minimum Gasteiger partial charge on any atom is -0.496 e. The van der Waals surface area contributed by atoms with E-state index >= 15 is 0 Å². The lowest BCUT2D eigenvalue weighted by molar-refractivity contribution is 0.405. The average Bonchev–Trinajstić information content (AvgIpc) is 3.28. The lowest BCUT2D eigenvalue weighted by Crippen LogP contribution is -2.44. The third kappa shape index (κ3) is 4.76. The van der Waals surface area contributed by atoms with Crippen molar-refractivity contribution in [2.24, 2.45) is 5.73 Å². The monoisotopic (exact) mass is 756 g/mol. The molecule has 0 radical (unpaired) electrons. The van der Waals surface area contributed by atoms with Crippen LogP contribution in [0.1, 0.15) is 86.9 Å². The number of fused-ring (bicyclic) bond motifs is 6. The van der Waals surface area contributed by atoms with Crippen LogP contribution in [0.3, 0.4) is 0 Å². The van der Waals surface area contributed by atoms with E-state index in [1.54, 1.807) is 0 Å². The van der Waals surface area contributed by atoms with Gasteiger partial charge in [0, 0.05) is 54.9 Å². The molecule has 2 N–H and O–H groups in total. The highest BCUT2D eigenvalue weighted by atomic mass is 16.5. The largest absolute Gasteiger partial charge is 0.496 e. The van der Waals surface area contributed by atoms with Gasteiger partial charge in [0.15, 0.2) is 0 Å². The number of anilines is 1. The molecular weight excluding hydrogens is 707 g/mol. The van der Waals surface area contributed by atoms with Crippen molar-refractivity contribution >= 4 is 32.8 Å². The number of methoxy groups -OCH3 is 1. The predicted molar refractivity (Wildman–Crippen MR) is 238 cm³/mol. The molecule has 12 rings (SSSR count). The summed E-state index contributed by atoms with van der Waals surface area (Å²) in [7, 11) is 1.84. The van der Waals surface area contributed by atoms with Crippen LogP contribution in [0.25, 0.3) is 27.1 Å². The molecule has 4 nitrogen and oxygen atoms in total. The summed E-state index contributed by atoms with van der Waals surface area (Å²) in [6, 6.07) is 44.6. The molecule has 1 atom stereocenters. The zero-order chi connectivity index (χ0) is 38.5. The number of hydrogen-bond acceptors (Lipinski definition) is 3. The van der Waals surface area contributed by atoms with Gasteiger partial charge in [-0.3, -0.25) is 0 Å². The number of nitrogens with zero attached hydrogens (tertiary/aromatic N) is 2. The fraction of sp³-hybridized carbons (Fsp3) is 0.278. The van der Waals surface area contributed by atoms with Crippen molar-refractivity contribution in [3.05, 3.63) is 187 Å². The topological polar surface area (TPSA) is 41.5 Å². The first-order valence-electron chi connectivity index (χ1n) is 21.8. The molecule has 58 heavy (non-hydrogen) atoms. The van der Waals surface area contributed by atoms with Gasteiger partial charge in [-0.15, -0.1) is 0 Å². The van der Waals surface area contributed by atoms with Crippen LogP contribution in [-0.2, 0) is 37.6 Å². The standard InChI is InChI=1S/C54H50N3O/c1-58-50-22-8-7-21-47(50)54(39-16-3-2-4-17-39)48-31-43-37(27-34-14-9-23-56-25-11-19-41(43)52(34)56)29-45(48)51(40-18-6-5-13-36(40)33-55)46-30-38-28-35-15-10-24-57-26-12-20-42(53(35)57)44(38)32-49(46)54/h2-8,13,16-18,21-22,27-32H,9-12,14-15,19-20,23-26,33,55H2,1H3/q+1. The second-order valence-corrected chi connectivity index (χ2v) is 17.4. The fourth-order valence-corrected chi connectivity index (χ4v) is 12.3. The number of hydrogen-bond donors (Lipinski definition) is 1. The minimum atomic E-state index is -0.685. The molecule has 0 spiro atoms. The third-order valence-electron chi connectivity index (χ3n) is 14.5. The highest BCUT2D eigenvalue weighted by Gasteiger charge is 2.47. The Morgan fingerprint density at radius 3 is 2.19 bits per heavy atom. The van der Waals surface area contributed by atoms with Crippen LogP contribution in [0.2, 0.25) is 0 Å². The summed E-state index contributed by atoms with van der Waals surface area (Å²) < 4.78 is 9.13. The molecule has 0 amide bonds. The Morgan fingerprint density at radius 2 is 1.33 bits per heavy atom. The van der Waals surface area contributed by atoms with E-state index in [2.05, 4.69) is 125 Å². The van der Waals surface area contributed by atoms with E-state index in [1.807, 2.05) is 7.11 Å². The van der Waals surface area contributed by atoms with E-state index in [9.17, 15) is 0 Å². The van der Waals surface area contributed by atoms with E-state index in [0.717, 1.165) is 57.6 Å². The normalized spacial score (nSPS) is 19.1. The molecule has 4 aliphatic heterocycles. The van der Waals surface area contributed by atoms with E-state index in [-0.39, 0.29) is 0 Å². The molecule has 0 fully saturated rings. The number of benzene rings is 7. The second kappa shape index (κ2) is 13.2. The van der Waals surface area contributed by atoms with Gasteiger partial charge in [-0.2, -0.15) is 0 Å². The number of rotatable bonds is 5. The summed E-state index contributed by atoms with van der Waals surface area (Å²) in [5, 5.41) is 8.30. The molecular formula is C54H50N3O+. The van der Waals surface area contributed by atoms with Gasteiger partial charge < -0.3 is 15.4 Å². The number of ether oxygens (including phenoxy) is 1. The maximum absolute atomic E-state index is 6.68. The first-order valence-corrected chi connectivity index (χ1v) is 21.8. The van der Waals surface area contributed by atoms with Gasteiger partial charge in [0.25, 0.3) is 0 Å². The molecule has 1 unspecified atom stereocenters. The summed E-state index contributed by atoms with van der Waals surface area (Å²) >= 11 is 0. The zero-order valence-corrected chi connectivity index (χ0v) is 33.5. The van der Waals surface area contributed by atoms with Crippen LogP contribution in [0.5, 0.6) is 5.75 Å². The van der Waals surface area contributed by atoms with Gasteiger partial charge >= 0.3 is 0 Å². The lowest BCUT2D eigenvalue weighted by atomic mass is 9.59. The first-order chi connectivity index (χ1) is 28.7. The molecule has 5 aliphatic rings. The molecule has 0 bridgehead atoms. The van der Waals surface area contributed by atoms with Gasteiger partial charge in [-0.05, 0) is 158 Å². The Morgan fingerprint density at radius 1 is 0.638 bits per heavy atom. The number of nitrogens with two attached hydrogens (primary N) is 1. The highest BCUT2D eigenvalue weighted by Crippen LogP contribution is 2.54. The molecule has 0 saturated carbocycles. The molecule has 4 heteroatoms. The summed E-state index contributed by atoms with van der Waals surface area (Å²) in [6.45, 7) is 5.10. The van der Waals surface area contributed by atoms with Crippen LogP contribution in [0.4, 0.5) is 5.69 Å². The highest BCUT2D eigenvalue weighted by molar-refractivity contribution is 6.01. The van der Waals surface area contributed by atoms with E-state index in [4.69, 9.17) is 10.5 Å². The van der Waals surface area contributed by atoms with Gasteiger partial charge in [-0.1, -0.05) is 72.8 Å². The maximum Gasteiger partial charge on any atom is 0.206 e. The first kappa shape index (κ1) is 34.3. The van der Waals surface area contributed by atoms with Crippen LogP contribution < -0.4 is 30.5 Å². The smallest absolute Gasteiger partial charge is 0.206 e. The van der Waals surface area contributed by atoms with E-state index < -0.39 is 5.41 Å². The molecule has 7 aromatic rings. The van der Waals surface area contributed by atoms with Crippen LogP contribution in [0, 0.1) is 0 Å². The van der Waals surface area contributed by atoms with Gasteiger partial charge in [-0.25, -0.2) is 4.58 Å². The summed E-state index contributed by atoms with van der Waals surface area (Å²) in [5.74, 6) is 0.908. The summed E-state index contributed by atoms with van der Waals surface area (Å²) in [6.07, 6.45) is 9.34. The average molecular weight is 757 g/mol. The van der Waals surface area contributed by atoms with Gasteiger partial charge in [0.05, 0.1) is 12.5 Å². The summed E-state index contributed by atoms with van der Waals surface area (Å²) in [5.41, 5.74) is 23.7. The van der Waals surface area contributed by atoms with Crippen molar-refractivity contribution < 1.29 is 4.74 Å². The van der Waals surface area contributed by atoms with Crippen molar-refractivity contribution in [3.63, 3.8) is 0 Å². The number of aryl methyl sites for hydroxylation is 4. The van der Waals surface area contributed by atoms with Crippen molar-refractivity contribution in [2.45, 2.75) is 63.3 Å². The fourth-order valence-electron chi connectivity index (χ4n) is 12.3. The quantitative estimate of drug-likeness (QED) is 0.179. The van der Waals surface area contributed by atoms with Crippen molar-refractivity contribution in [1.82, 2.24) is 4.58 Å². The Balaban J connectivity index is 1.35. The lowest BCUT2D eigenvalue weighted by Gasteiger charge is -2.43. The van der Waals surface area contributed by atoms with E-state index in [1.165, 1.54) is 130 Å². The maximum atomic E-state index is 6.68. The van der Waals surface area contributed by atoms with Crippen LogP contribution >= 0.6 is 0 Å². The van der Waals surface area contributed by atoms with E-state index in [0.29, 0.717) is 6.54 Å². The Bertz CT molecular complexity index is 2990. The third-order valence-corrected chi connectivity index (χ3v) is 14.5. The summed E-state index contributed by atoms with van der Waals surface area (Å²) in [4.78, 5) is 2.69. The van der Waals surface area contributed by atoms with Crippen molar-refractivity contribution in [1.29, 1.82) is 0 Å². The Kier molecular flexibility index (Phi) is 7.79. The SMILES string of the molecule is COc1ccccc1C1(c2ccccc2)c2cc3c4c5c(cc3cc2C(c2ccccc2CN)=c2cc3cc6c7c(c3cc21)CCC[N+]=7CCC6)CCCN5CCC4. The van der Waals surface area contributed by atoms with Crippen LogP contribution in [0.15, 0.2) is 115 Å². The van der Waals surface area contributed by atoms with Gasteiger partial charge in [0.1, 0.15) is 18.8 Å². The number of para-hydroxylation sites is 1. The molecule has 0 saturated heterocycles. The Hall–Kier alpha value is -5.71. The molecule has 4 heterocycles. The second-order valence-electron chi connectivity index (χ2n) is 17.4.